The largest absolute Gasteiger partial charge is 0.545 e. The molecule has 7 aliphatic heterocycles. The molecule has 0 unspecified atom stereocenters. The summed E-state index contributed by atoms with van der Waals surface area (Å²) in [5.41, 5.74) is 0.399. The molecule has 31 heavy (non-hydrogen) atoms. The number of hydrogen-bond donors (Lipinski definition) is 1. The van der Waals surface area contributed by atoms with Gasteiger partial charge in [0.2, 0.25) is 0 Å². The minimum Gasteiger partial charge on any atom is -0.545 e. The normalized spacial score (nSPS) is 58.7. The van der Waals surface area contributed by atoms with Gasteiger partial charge in [-0.1, -0.05) is 0 Å². The van der Waals surface area contributed by atoms with Gasteiger partial charge in [0.05, 0.1) is 30.6 Å². The van der Waals surface area contributed by atoms with Crippen LogP contribution >= 0.6 is 0 Å². The minimum absolute atomic E-state index is 0.0656. The number of nitrogens with zero attached hydrogens (tertiary/aromatic N) is 2. The highest BCUT2D eigenvalue weighted by molar-refractivity contribution is 5.88. The topological polar surface area (TPSA) is 89.9 Å². The number of carboxylic acid groups (broad SMARTS) is 1. The summed E-state index contributed by atoms with van der Waals surface area (Å²) in [5.74, 6) is -0.885. The van der Waals surface area contributed by atoms with Gasteiger partial charge in [0.15, 0.2) is 5.60 Å². The predicted octanol–water partition coefficient (Wildman–Crippen LogP) is -0.364. The Bertz CT molecular complexity index is 1020. The SMILES string of the molecule is O=C([O-])/C=C1/C[C@H]2[C@@H]3C4=CC(=O)O[C@@]45C[C@@H]([C@@H]3[N@@+]34CCC[C@@H]3[C@]1(O)C[C@@H]24)N1CCC[C@@H]15. The second-order valence-corrected chi connectivity index (χ2v) is 11.5. The molecule has 0 amide bonds. The van der Waals surface area contributed by atoms with Crippen LogP contribution in [0, 0.1) is 11.8 Å². The maximum Gasteiger partial charge on any atom is 0.331 e. The summed E-state index contributed by atoms with van der Waals surface area (Å²) in [4.78, 5) is 26.9. The highest BCUT2D eigenvalue weighted by Crippen LogP contribution is 2.71. The average molecular weight is 424 g/mol. The Hall–Kier alpha value is -1.70. The van der Waals surface area contributed by atoms with Crippen molar-refractivity contribution in [1.82, 2.24) is 4.90 Å². The molecular weight excluding hydrogens is 396 g/mol. The number of carboxylic acids is 1. The Labute approximate surface area is 180 Å². The second-order valence-electron chi connectivity index (χ2n) is 11.5. The standard InChI is InChI=1S/C24H28N2O5/c27-19(28)8-12-7-13-16-11-23(12,30)18-4-2-6-26(16,18)22-15-10-24(17-3-1-5-25(15)17)14(21(13)22)9-20(29)31-24/h8-9,13,15-18,21-22,30H,1-7,10-11H2/b12-8-/t13-,15+,16+,17-,18-,21-,22+,23+,24+,26-/m1/s1. The quantitative estimate of drug-likeness (QED) is 0.351. The molecule has 6 saturated heterocycles. The molecule has 164 valence electrons. The Morgan fingerprint density at radius 2 is 2.19 bits per heavy atom. The molecule has 4 bridgehead atoms. The van der Waals surface area contributed by atoms with Gasteiger partial charge >= 0.3 is 5.97 Å². The van der Waals surface area contributed by atoms with Crippen LogP contribution in [0.1, 0.15) is 44.9 Å². The van der Waals surface area contributed by atoms with E-state index in [9.17, 15) is 19.8 Å². The zero-order valence-corrected chi connectivity index (χ0v) is 17.5. The fourth-order valence-corrected chi connectivity index (χ4v) is 10.7. The zero-order chi connectivity index (χ0) is 20.9. The van der Waals surface area contributed by atoms with Gasteiger partial charge in [-0.05, 0) is 43.0 Å². The first kappa shape index (κ1) is 17.8. The monoisotopic (exact) mass is 424 g/mol. The van der Waals surface area contributed by atoms with Crippen LogP contribution in [0.3, 0.4) is 0 Å². The van der Waals surface area contributed by atoms with Gasteiger partial charge in [-0.25, -0.2) is 4.79 Å². The first-order valence-electron chi connectivity index (χ1n) is 12.1. The smallest absolute Gasteiger partial charge is 0.331 e. The molecule has 7 nitrogen and oxygen atoms in total. The number of carbonyl (C=O) groups is 2. The van der Waals surface area contributed by atoms with Gasteiger partial charge in [-0.2, -0.15) is 0 Å². The summed E-state index contributed by atoms with van der Waals surface area (Å²) in [6.45, 7) is 2.14. The summed E-state index contributed by atoms with van der Waals surface area (Å²) in [5, 5.41) is 23.5. The third-order valence-electron chi connectivity index (χ3n) is 11.0. The maximum absolute atomic E-state index is 12.6. The van der Waals surface area contributed by atoms with Crippen LogP contribution in [-0.2, 0) is 14.3 Å². The number of rotatable bonds is 1. The lowest BCUT2D eigenvalue weighted by Gasteiger charge is -2.50. The second kappa shape index (κ2) is 5.10. The van der Waals surface area contributed by atoms with Crippen molar-refractivity contribution in [3.8, 4) is 0 Å². The molecule has 0 aromatic carbocycles. The molecule has 1 aliphatic carbocycles. The summed E-state index contributed by atoms with van der Waals surface area (Å²) in [6, 6.07) is 1.48. The molecule has 0 radical (unpaired) electrons. The van der Waals surface area contributed by atoms with Gasteiger partial charge in [0, 0.05) is 43.6 Å². The average Bonchev–Trinajstić information content (AvgIpc) is 3.49. The first-order valence-corrected chi connectivity index (χ1v) is 12.1. The molecule has 8 aliphatic rings. The lowest BCUT2D eigenvalue weighted by Crippen LogP contribution is -2.66. The summed E-state index contributed by atoms with van der Waals surface area (Å²) < 4.78 is 7.12. The highest BCUT2D eigenvalue weighted by Gasteiger charge is 2.83. The number of aliphatic carboxylic acids is 1. The predicted molar refractivity (Wildman–Crippen MR) is 105 cm³/mol. The lowest BCUT2D eigenvalue weighted by molar-refractivity contribution is -0.966. The van der Waals surface area contributed by atoms with Gasteiger partial charge in [-0.3, -0.25) is 4.90 Å². The van der Waals surface area contributed by atoms with Crippen LogP contribution in [-0.4, -0.2) is 80.9 Å². The number of esters is 1. The van der Waals surface area contributed by atoms with E-state index in [2.05, 4.69) is 4.90 Å². The van der Waals surface area contributed by atoms with Crippen LogP contribution in [0.2, 0.25) is 0 Å². The Morgan fingerprint density at radius 1 is 1.32 bits per heavy atom. The third-order valence-corrected chi connectivity index (χ3v) is 11.0. The summed E-state index contributed by atoms with van der Waals surface area (Å²) >= 11 is 0. The molecule has 10 atom stereocenters. The highest BCUT2D eigenvalue weighted by atomic mass is 16.6. The van der Waals surface area contributed by atoms with E-state index in [1.807, 2.05) is 6.08 Å². The maximum atomic E-state index is 12.6. The van der Waals surface area contributed by atoms with Gasteiger partial charge in [0.1, 0.15) is 17.7 Å². The van der Waals surface area contributed by atoms with Crippen molar-refractivity contribution < 1.29 is 29.0 Å². The molecule has 2 spiro atoms. The van der Waals surface area contributed by atoms with E-state index in [1.165, 1.54) is 11.6 Å². The molecule has 7 fully saturated rings. The Balaban J connectivity index is 1.37. The Kier molecular flexibility index (Phi) is 2.93. The van der Waals surface area contributed by atoms with Crippen molar-refractivity contribution in [3.63, 3.8) is 0 Å². The van der Waals surface area contributed by atoms with E-state index in [4.69, 9.17) is 4.74 Å². The number of carbonyl (C=O) groups excluding carboxylic acids is 2. The van der Waals surface area contributed by atoms with Crippen molar-refractivity contribution in [2.75, 3.05) is 13.1 Å². The van der Waals surface area contributed by atoms with E-state index >= 15 is 0 Å². The van der Waals surface area contributed by atoms with Crippen molar-refractivity contribution in [2.24, 2.45) is 11.8 Å². The molecule has 8 rings (SSSR count). The van der Waals surface area contributed by atoms with Crippen molar-refractivity contribution in [3.05, 3.63) is 23.3 Å². The Morgan fingerprint density at radius 3 is 3.03 bits per heavy atom. The molecule has 7 heterocycles. The zero-order valence-electron chi connectivity index (χ0n) is 17.5. The summed E-state index contributed by atoms with van der Waals surface area (Å²) in [7, 11) is 0. The number of ether oxygens (including phenoxy) is 1. The van der Waals surface area contributed by atoms with Crippen LogP contribution in [0.4, 0.5) is 0 Å². The van der Waals surface area contributed by atoms with E-state index < -0.39 is 17.2 Å². The van der Waals surface area contributed by atoms with E-state index in [1.54, 1.807) is 0 Å². The fraction of sp³-hybridized carbons (Fsp3) is 0.750. The van der Waals surface area contributed by atoms with E-state index in [-0.39, 0.29) is 23.8 Å². The molecule has 7 heteroatoms. The molecule has 0 aromatic rings. The van der Waals surface area contributed by atoms with Gasteiger partial charge in [0.25, 0.3) is 0 Å². The van der Waals surface area contributed by atoms with Gasteiger partial charge < -0.3 is 24.2 Å². The lowest BCUT2D eigenvalue weighted by atomic mass is 9.61. The van der Waals surface area contributed by atoms with Crippen LogP contribution in [0.15, 0.2) is 23.3 Å². The minimum atomic E-state index is -1.21. The van der Waals surface area contributed by atoms with Crippen LogP contribution in [0.5, 0.6) is 0 Å². The molecule has 1 N–H and O–H groups in total. The van der Waals surface area contributed by atoms with Crippen molar-refractivity contribution in [1.29, 1.82) is 0 Å². The van der Waals surface area contributed by atoms with Crippen molar-refractivity contribution in [2.45, 2.75) is 86.4 Å². The van der Waals surface area contributed by atoms with Gasteiger partial charge in [-0.15, -0.1) is 0 Å². The number of quaternary nitrogens is 1. The molecule has 0 aromatic heterocycles. The van der Waals surface area contributed by atoms with Crippen molar-refractivity contribution >= 4 is 11.9 Å². The number of hydrogen-bond acceptors (Lipinski definition) is 6. The van der Waals surface area contributed by atoms with Crippen LogP contribution < -0.4 is 5.11 Å². The molecule has 1 saturated carbocycles. The first-order chi connectivity index (χ1) is 14.9. The third kappa shape index (κ3) is 1.67. The molecular formula is C24H28N2O5. The fourth-order valence-electron chi connectivity index (χ4n) is 10.7. The van der Waals surface area contributed by atoms with E-state index in [0.717, 1.165) is 49.7 Å². The van der Waals surface area contributed by atoms with Crippen LogP contribution in [0.25, 0.3) is 0 Å². The number of aliphatic hydroxyl groups is 1. The summed E-state index contributed by atoms with van der Waals surface area (Å²) in [6.07, 6.45) is 9.43. The van der Waals surface area contributed by atoms with E-state index in [0.29, 0.717) is 42.6 Å². The number of fused-ring (bicyclic) bond motifs is 6.